The normalized spacial score (nSPS) is 22.5. The van der Waals surface area contributed by atoms with Crippen LogP contribution in [0.1, 0.15) is 42.4 Å². The highest BCUT2D eigenvalue weighted by atomic mass is 16.5. The first-order chi connectivity index (χ1) is 15.4. The van der Waals surface area contributed by atoms with Crippen LogP contribution >= 0.6 is 0 Å². The number of rotatable bonds is 4. The lowest BCUT2D eigenvalue weighted by Crippen LogP contribution is -2.43. The first-order valence-electron chi connectivity index (χ1n) is 10.8. The maximum absolute atomic E-state index is 13.2. The lowest BCUT2D eigenvalue weighted by Gasteiger charge is -2.33. The fourth-order valence-electron chi connectivity index (χ4n) is 4.40. The van der Waals surface area contributed by atoms with Gasteiger partial charge >= 0.3 is 5.97 Å². The highest BCUT2D eigenvalue weighted by Gasteiger charge is 2.40. The summed E-state index contributed by atoms with van der Waals surface area (Å²) in [7, 11) is 0. The van der Waals surface area contributed by atoms with Crippen molar-refractivity contribution in [1.29, 1.82) is 5.26 Å². The summed E-state index contributed by atoms with van der Waals surface area (Å²) in [5.74, 6) is -2.36. The molecule has 2 aliphatic rings. The van der Waals surface area contributed by atoms with E-state index >= 15 is 0 Å². The number of nitrogens with zero attached hydrogens (tertiary/aromatic N) is 3. The van der Waals surface area contributed by atoms with Crippen LogP contribution in [0, 0.1) is 30.1 Å². The third-order valence-corrected chi connectivity index (χ3v) is 6.03. The molecule has 1 amide bonds. The molecule has 1 aromatic heterocycles. The van der Waals surface area contributed by atoms with Crippen molar-refractivity contribution in [1.82, 2.24) is 9.97 Å². The van der Waals surface area contributed by atoms with Gasteiger partial charge in [-0.1, -0.05) is 29.8 Å². The van der Waals surface area contributed by atoms with Gasteiger partial charge in [-0.15, -0.1) is 0 Å². The van der Waals surface area contributed by atoms with Gasteiger partial charge in [-0.25, -0.2) is 0 Å². The summed E-state index contributed by atoms with van der Waals surface area (Å²) in [5, 5.41) is 12.3. The van der Waals surface area contributed by atoms with Crippen LogP contribution in [0.4, 0.5) is 11.8 Å². The Morgan fingerprint density at radius 2 is 2.06 bits per heavy atom. The van der Waals surface area contributed by atoms with Crippen LogP contribution in [0.5, 0.6) is 0 Å². The van der Waals surface area contributed by atoms with Gasteiger partial charge in [-0.3, -0.25) is 19.4 Å². The van der Waals surface area contributed by atoms with Gasteiger partial charge in [0.05, 0.1) is 24.2 Å². The molecule has 2 N–H and O–H groups in total. The second-order valence-corrected chi connectivity index (χ2v) is 8.17. The molecule has 9 heteroatoms. The highest BCUT2D eigenvalue weighted by molar-refractivity contribution is 5.98. The van der Waals surface area contributed by atoms with Crippen LogP contribution in [-0.2, 0) is 14.3 Å². The molecule has 9 nitrogen and oxygen atoms in total. The second-order valence-electron chi connectivity index (χ2n) is 8.17. The quantitative estimate of drug-likeness (QED) is 0.704. The Morgan fingerprint density at radius 3 is 2.75 bits per heavy atom. The van der Waals surface area contributed by atoms with Crippen molar-refractivity contribution in [3.05, 3.63) is 51.3 Å². The average molecular weight is 435 g/mol. The van der Waals surface area contributed by atoms with Crippen LogP contribution in [0.15, 0.2) is 29.1 Å². The van der Waals surface area contributed by atoms with Crippen LogP contribution < -0.4 is 15.8 Å². The molecule has 32 heavy (non-hydrogen) atoms. The number of H-pyrrole nitrogens is 1. The van der Waals surface area contributed by atoms with Crippen molar-refractivity contribution in [2.24, 2.45) is 11.8 Å². The monoisotopic (exact) mass is 435 g/mol. The number of aryl methyl sites for hydroxylation is 1. The number of nitrogens with one attached hydrogen (secondary N) is 2. The van der Waals surface area contributed by atoms with Crippen molar-refractivity contribution in [3.63, 3.8) is 0 Å². The third-order valence-electron chi connectivity index (χ3n) is 6.03. The minimum Gasteiger partial charge on any atom is -0.466 e. The SMILES string of the molecule is CCOC(=O)C1CCCN(c2nc3c(c(=O)[nH]2)C(c2ccc(C)cc2)C(C#N)C(=O)N3)C1. The summed E-state index contributed by atoms with van der Waals surface area (Å²) in [6, 6.07) is 9.46. The number of benzene rings is 1. The van der Waals surface area contributed by atoms with E-state index in [1.165, 1.54) is 0 Å². The Balaban J connectivity index is 1.72. The molecule has 1 aromatic carbocycles. The second kappa shape index (κ2) is 8.83. The number of carbonyl (C=O) groups excluding carboxylic acids is 2. The summed E-state index contributed by atoms with van der Waals surface area (Å²) in [5.41, 5.74) is 1.60. The van der Waals surface area contributed by atoms with Gasteiger partial charge in [0.2, 0.25) is 11.9 Å². The van der Waals surface area contributed by atoms with E-state index in [4.69, 9.17) is 4.74 Å². The van der Waals surface area contributed by atoms with Gasteiger partial charge in [-0.2, -0.15) is 10.2 Å². The number of amides is 1. The fraction of sp³-hybridized carbons (Fsp3) is 0.435. The van der Waals surface area contributed by atoms with Gasteiger partial charge in [0.1, 0.15) is 11.7 Å². The molecular weight excluding hydrogens is 410 g/mol. The number of esters is 1. The summed E-state index contributed by atoms with van der Waals surface area (Å²) < 4.78 is 5.14. The molecular formula is C23H25N5O4. The van der Waals surface area contributed by atoms with E-state index in [2.05, 4.69) is 15.3 Å². The maximum atomic E-state index is 13.2. The number of carbonyl (C=O) groups is 2. The Bertz CT molecular complexity index is 1130. The van der Waals surface area contributed by atoms with Gasteiger partial charge in [0.15, 0.2) is 0 Å². The molecule has 3 heterocycles. The van der Waals surface area contributed by atoms with Crippen LogP contribution in [0.25, 0.3) is 0 Å². The molecule has 0 bridgehead atoms. The van der Waals surface area contributed by atoms with E-state index in [1.54, 1.807) is 6.92 Å². The number of piperidine rings is 1. The van der Waals surface area contributed by atoms with Crippen LogP contribution in [0.2, 0.25) is 0 Å². The zero-order valence-electron chi connectivity index (χ0n) is 18.1. The zero-order valence-corrected chi connectivity index (χ0v) is 18.1. The maximum Gasteiger partial charge on any atom is 0.310 e. The molecule has 0 aliphatic carbocycles. The van der Waals surface area contributed by atoms with Gasteiger partial charge in [-0.05, 0) is 32.3 Å². The number of fused-ring (bicyclic) bond motifs is 1. The van der Waals surface area contributed by atoms with E-state index < -0.39 is 23.3 Å². The number of nitriles is 1. The molecule has 0 saturated carbocycles. The minimum absolute atomic E-state index is 0.157. The molecule has 4 rings (SSSR count). The Kier molecular flexibility index (Phi) is 5.95. The number of anilines is 2. The molecule has 2 aliphatic heterocycles. The standard InChI is InChI=1S/C23H25N5O4/c1-3-32-22(31)15-5-4-10-28(12-15)23-26-19-18(21(30)27-23)17(16(11-24)20(29)25-19)14-8-6-13(2)7-9-14/h6-9,15-17H,3-5,10,12H2,1-2H3,(H2,25,26,27,29,30). The highest BCUT2D eigenvalue weighted by Crippen LogP contribution is 2.38. The first-order valence-corrected chi connectivity index (χ1v) is 10.8. The summed E-state index contributed by atoms with van der Waals surface area (Å²) in [6.07, 6.45) is 1.46. The lowest BCUT2D eigenvalue weighted by atomic mass is 9.79. The van der Waals surface area contributed by atoms with E-state index in [-0.39, 0.29) is 23.3 Å². The number of hydrogen-bond donors (Lipinski definition) is 2. The number of hydrogen-bond acceptors (Lipinski definition) is 7. The predicted molar refractivity (Wildman–Crippen MR) is 117 cm³/mol. The number of aromatic nitrogens is 2. The molecule has 166 valence electrons. The van der Waals surface area contributed by atoms with Crippen molar-refractivity contribution >= 4 is 23.6 Å². The van der Waals surface area contributed by atoms with Gasteiger partial charge < -0.3 is 15.0 Å². The van der Waals surface area contributed by atoms with Crippen molar-refractivity contribution < 1.29 is 14.3 Å². The number of ether oxygens (including phenoxy) is 1. The molecule has 3 unspecified atom stereocenters. The molecule has 2 aromatic rings. The zero-order chi connectivity index (χ0) is 22.8. The number of aromatic amines is 1. The smallest absolute Gasteiger partial charge is 0.310 e. The van der Waals surface area contributed by atoms with Crippen LogP contribution in [0.3, 0.4) is 0 Å². The largest absolute Gasteiger partial charge is 0.466 e. The summed E-state index contributed by atoms with van der Waals surface area (Å²) in [4.78, 5) is 47.2. The fourth-order valence-corrected chi connectivity index (χ4v) is 4.40. The van der Waals surface area contributed by atoms with E-state index in [0.29, 0.717) is 37.6 Å². The van der Waals surface area contributed by atoms with E-state index in [9.17, 15) is 19.6 Å². The predicted octanol–water partition coefficient (Wildman–Crippen LogP) is 2.08. The molecule has 0 radical (unpaired) electrons. The summed E-state index contributed by atoms with van der Waals surface area (Å²) in [6.45, 7) is 5.01. The lowest BCUT2D eigenvalue weighted by molar-refractivity contribution is -0.148. The van der Waals surface area contributed by atoms with Crippen molar-refractivity contribution in [3.8, 4) is 6.07 Å². The molecule has 0 spiro atoms. The summed E-state index contributed by atoms with van der Waals surface area (Å²) >= 11 is 0. The Labute approximate surface area is 185 Å². The van der Waals surface area contributed by atoms with Gasteiger partial charge in [0, 0.05) is 19.0 Å². The molecule has 3 atom stereocenters. The minimum atomic E-state index is -1.04. The van der Waals surface area contributed by atoms with Crippen LogP contribution in [-0.4, -0.2) is 41.5 Å². The molecule has 1 saturated heterocycles. The molecule has 1 fully saturated rings. The average Bonchev–Trinajstić information content (AvgIpc) is 2.79. The van der Waals surface area contributed by atoms with E-state index in [1.807, 2.05) is 42.2 Å². The first kappa shape index (κ1) is 21.6. The van der Waals surface area contributed by atoms with Crippen molar-refractivity contribution in [2.45, 2.75) is 32.6 Å². The third kappa shape index (κ3) is 3.96. The van der Waals surface area contributed by atoms with Gasteiger partial charge in [0.25, 0.3) is 5.56 Å². The Hall–Kier alpha value is -3.67. The topological polar surface area (TPSA) is 128 Å². The van der Waals surface area contributed by atoms with E-state index in [0.717, 1.165) is 12.0 Å². The Morgan fingerprint density at radius 1 is 1.31 bits per heavy atom. The van der Waals surface area contributed by atoms with Crippen molar-refractivity contribution in [2.75, 3.05) is 29.9 Å².